The molecule has 6 nitrogen and oxygen atoms in total. The number of hydrogen-bond acceptors (Lipinski definition) is 4. The number of pyridine rings is 1. The van der Waals surface area contributed by atoms with Gasteiger partial charge in [-0.15, -0.1) is 0 Å². The highest BCUT2D eigenvalue weighted by atomic mass is 16.7. The number of aromatic nitrogens is 1. The van der Waals surface area contributed by atoms with E-state index in [9.17, 15) is 9.59 Å². The van der Waals surface area contributed by atoms with Crippen molar-refractivity contribution in [2.24, 2.45) is 7.05 Å². The minimum atomic E-state index is -0.919. The number of hydrogen-bond donors (Lipinski definition) is 1. The summed E-state index contributed by atoms with van der Waals surface area (Å²) in [7, 11) is 1.66. The van der Waals surface area contributed by atoms with Gasteiger partial charge in [-0.3, -0.25) is 9.59 Å². The summed E-state index contributed by atoms with van der Waals surface area (Å²) in [6.45, 7) is 0.172. The first kappa shape index (κ1) is 12.5. The second-order valence-electron chi connectivity index (χ2n) is 4.69. The summed E-state index contributed by atoms with van der Waals surface area (Å²) in [5.41, 5.74) is 1.04. The fourth-order valence-electron chi connectivity index (χ4n) is 2.35. The van der Waals surface area contributed by atoms with Gasteiger partial charge in [-0.25, -0.2) is 0 Å². The van der Waals surface area contributed by atoms with Crippen molar-refractivity contribution in [2.75, 3.05) is 6.79 Å². The van der Waals surface area contributed by atoms with Gasteiger partial charge in [0.2, 0.25) is 6.79 Å². The van der Waals surface area contributed by atoms with E-state index in [1.165, 1.54) is 4.57 Å². The molecule has 0 unspecified atom stereocenters. The molecule has 1 aromatic heterocycles. The molecule has 0 aliphatic carbocycles. The van der Waals surface area contributed by atoms with Gasteiger partial charge in [0.05, 0.1) is 5.52 Å². The zero-order valence-corrected chi connectivity index (χ0v) is 10.9. The van der Waals surface area contributed by atoms with Crippen LogP contribution in [0.3, 0.4) is 0 Å². The second kappa shape index (κ2) is 4.56. The lowest BCUT2D eigenvalue weighted by molar-refractivity contribution is -0.136. The van der Waals surface area contributed by atoms with Gasteiger partial charge in [0.1, 0.15) is 0 Å². The Morgan fingerprint density at radius 1 is 1.30 bits per heavy atom. The molecule has 6 heteroatoms. The van der Waals surface area contributed by atoms with E-state index in [0.29, 0.717) is 17.1 Å². The lowest BCUT2D eigenvalue weighted by Crippen LogP contribution is -2.21. The molecule has 0 atom stereocenters. The first-order valence-corrected chi connectivity index (χ1v) is 6.20. The van der Waals surface area contributed by atoms with Crippen molar-refractivity contribution in [3.05, 3.63) is 34.1 Å². The van der Waals surface area contributed by atoms with E-state index in [1.54, 1.807) is 25.2 Å². The average Bonchev–Trinajstić information content (AvgIpc) is 2.86. The monoisotopic (exact) mass is 275 g/mol. The first-order valence-electron chi connectivity index (χ1n) is 6.20. The molecule has 0 radical (unpaired) electrons. The van der Waals surface area contributed by atoms with Crippen LogP contribution in [0.4, 0.5) is 0 Å². The van der Waals surface area contributed by atoms with Crippen LogP contribution < -0.4 is 15.0 Å². The van der Waals surface area contributed by atoms with E-state index in [-0.39, 0.29) is 25.2 Å². The van der Waals surface area contributed by atoms with Gasteiger partial charge in [0.25, 0.3) is 5.56 Å². The van der Waals surface area contributed by atoms with Crippen LogP contribution in [0.1, 0.15) is 12.0 Å². The molecule has 3 rings (SSSR count). The minimum Gasteiger partial charge on any atom is -0.481 e. The van der Waals surface area contributed by atoms with Crippen LogP contribution in [-0.2, 0) is 18.3 Å². The second-order valence-corrected chi connectivity index (χ2v) is 4.69. The van der Waals surface area contributed by atoms with Crippen LogP contribution in [0, 0.1) is 0 Å². The largest absolute Gasteiger partial charge is 0.481 e. The lowest BCUT2D eigenvalue weighted by Gasteiger charge is -2.09. The molecule has 0 saturated heterocycles. The third-order valence-corrected chi connectivity index (χ3v) is 3.40. The number of ether oxygens (including phenoxy) is 2. The number of fused-ring (bicyclic) bond motifs is 2. The Kier molecular flexibility index (Phi) is 2.85. The fraction of sp³-hybridized carbons (Fsp3) is 0.286. The Labute approximate surface area is 114 Å². The number of carbonyl (C=O) groups is 1. The van der Waals surface area contributed by atoms with Crippen molar-refractivity contribution in [3.63, 3.8) is 0 Å². The minimum absolute atomic E-state index is 0.0642. The van der Waals surface area contributed by atoms with Gasteiger partial charge in [0, 0.05) is 30.5 Å². The predicted octanol–water partition coefficient (Wildman–Crippen LogP) is 1.28. The molecule has 0 amide bonds. The molecule has 0 saturated carbocycles. The Hall–Kier alpha value is -2.50. The van der Waals surface area contributed by atoms with Crippen molar-refractivity contribution >= 4 is 16.9 Å². The molecule has 104 valence electrons. The van der Waals surface area contributed by atoms with E-state index < -0.39 is 5.97 Å². The molecule has 0 spiro atoms. The van der Waals surface area contributed by atoms with E-state index in [0.717, 1.165) is 10.9 Å². The molecular weight excluding hydrogens is 262 g/mol. The van der Waals surface area contributed by atoms with Gasteiger partial charge in [-0.05, 0) is 18.6 Å². The number of rotatable bonds is 3. The van der Waals surface area contributed by atoms with Crippen molar-refractivity contribution in [2.45, 2.75) is 12.8 Å². The highest BCUT2D eigenvalue weighted by Crippen LogP contribution is 2.35. The standard InChI is InChI=1S/C14H13NO5/c1-15-10-6-12-11(19-7-20-12)5-9(10)4-8(14(15)18)2-3-13(16)17/h4-6H,2-3,7H2,1H3,(H,16,17). The molecule has 20 heavy (non-hydrogen) atoms. The van der Waals surface area contributed by atoms with E-state index in [4.69, 9.17) is 14.6 Å². The summed E-state index contributed by atoms with van der Waals surface area (Å²) in [4.78, 5) is 22.8. The van der Waals surface area contributed by atoms with Gasteiger partial charge in [-0.2, -0.15) is 0 Å². The number of aryl methyl sites for hydroxylation is 2. The SMILES string of the molecule is Cn1c(=O)c(CCC(=O)O)cc2cc3c(cc21)OCO3. The maximum atomic E-state index is 12.2. The summed E-state index contributed by atoms with van der Waals surface area (Å²) in [5.74, 6) is 0.337. The zero-order valence-electron chi connectivity index (χ0n) is 10.9. The Balaban J connectivity index is 2.15. The lowest BCUT2D eigenvalue weighted by atomic mass is 10.1. The number of nitrogens with zero attached hydrogens (tertiary/aromatic N) is 1. The Morgan fingerprint density at radius 3 is 2.70 bits per heavy atom. The quantitative estimate of drug-likeness (QED) is 0.913. The van der Waals surface area contributed by atoms with Gasteiger partial charge in [0.15, 0.2) is 11.5 Å². The molecule has 2 heterocycles. The summed E-state index contributed by atoms with van der Waals surface area (Å²) in [6, 6.07) is 5.30. The third-order valence-electron chi connectivity index (χ3n) is 3.40. The van der Waals surface area contributed by atoms with Crippen LogP contribution in [0.25, 0.3) is 10.9 Å². The molecule has 1 aromatic carbocycles. The summed E-state index contributed by atoms with van der Waals surface area (Å²) < 4.78 is 12.1. The number of benzene rings is 1. The van der Waals surface area contributed by atoms with E-state index in [1.807, 2.05) is 0 Å². The van der Waals surface area contributed by atoms with Crippen molar-refractivity contribution in [1.29, 1.82) is 0 Å². The van der Waals surface area contributed by atoms with Crippen molar-refractivity contribution in [1.82, 2.24) is 4.57 Å². The Morgan fingerprint density at radius 2 is 2.00 bits per heavy atom. The highest BCUT2D eigenvalue weighted by molar-refractivity contribution is 5.84. The number of carboxylic acids is 1. The molecule has 1 N–H and O–H groups in total. The maximum Gasteiger partial charge on any atom is 0.303 e. The summed E-state index contributed by atoms with van der Waals surface area (Å²) in [5, 5.41) is 9.56. The third kappa shape index (κ3) is 1.99. The van der Waals surface area contributed by atoms with Crippen LogP contribution in [0.2, 0.25) is 0 Å². The van der Waals surface area contributed by atoms with Crippen LogP contribution >= 0.6 is 0 Å². The number of carboxylic acid groups (broad SMARTS) is 1. The first-order chi connectivity index (χ1) is 9.56. The van der Waals surface area contributed by atoms with Crippen LogP contribution in [0.5, 0.6) is 11.5 Å². The van der Waals surface area contributed by atoms with Gasteiger partial charge >= 0.3 is 5.97 Å². The van der Waals surface area contributed by atoms with E-state index in [2.05, 4.69) is 0 Å². The topological polar surface area (TPSA) is 77.8 Å². The average molecular weight is 275 g/mol. The number of aliphatic carboxylic acids is 1. The van der Waals surface area contributed by atoms with Crippen molar-refractivity contribution < 1.29 is 19.4 Å². The molecule has 0 fully saturated rings. The molecular formula is C14H13NO5. The normalized spacial score (nSPS) is 12.8. The Bertz CT molecular complexity index is 762. The van der Waals surface area contributed by atoms with E-state index >= 15 is 0 Å². The smallest absolute Gasteiger partial charge is 0.303 e. The molecule has 1 aliphatic rings. The van der Waals surface area contributed by atoms with Gasteiger partial charge in [-0.1, -0.05) is 0 Å². The predicted molar refractivity (Wildman–Crippen MR) is 71.3 cm³/mol. The van der Waals surface area contributed by atoms with Crippen LogP contribution in [0.15, 0.2) is 23.0 Å². The van der Waals surface area contributed by atoms with Crippen molar-refractivity contribution in [3.8, 4) is 11.5 Å². The summed E-state index contributed by atoms with van der Waals surface area (Å²) >= 11 is 0. The molecule has 0 bridgehead atoms. The fourth-order valence-corrected chi connectivity index (χ4v) is 2.35. The maximum absolute atomic E-state index is 12.2. The van der Waals surface area contributed by atoms with Gasteiger partial charge < -0.3 is 19.1 Å². The van der Waals surface area contributed by atoms with Crippen LogP contribution in [-0.4, -0.2) is 22.4 Å². The molecule has 1 aliphatic heterocycles. The highest BCUT2D eigenvalue weighted by Gasteiger charge is 2.17. The molecule has 2 aromatic rings. The summed E-state index contributed by atoms with van der Waals surface area (Å²) in [6.07, 6.45) is 0.150. The zero-order chi connectivity index (χ0) is 14.3.